The third kappa shape index (κ3) is 5.47. The van der Waals surface area contributed by atoms with Crippen molar-refractivity contribution in [3.8, 4) is 11.1 Å². The van der Waals surface area contributed by atoms with Crippen LogP contribution in [0.3, 0.4) is 0 Å². The third-order valence-corrected chi connectivity index (χ3v) is 5.98. The molecular weight excluding hydrogens is 451 g/mol. The number of halogens is 3. The van der Waals surface area contributed by atoms with E-state index in [1.54, 1.807) is 23.3 Å². The maximum Gasteiger partial charge on any atom is 0.433 e. The fourth-order valence-electron chi connectivity index (χ4n) is 3.52. The number of thioether (sulfide) groups is 1. The maximum atomic E-state index is 13.3. The van der Waals surface area contributed by atoms with Gasteiger partial charge in [-0.2, -0.15) is 13.2 Å². The number of carbonyl (C=O) groups excluding carboxylic acids is 1. The Kier molecular flexibility index (Phi) is 7.31. The molecule has 0 aliphatic heterocycles. The molecule has 0 saturated heterocycles. The number of aromatic nitrogens is 2. The minimum absolute atomic E-state index is 0.0496. The van der Waals surface area contributed by atoms with Crippen LogP contribution in [0.15, 0.2) is 58.5 Å². The molecular formula is C24H24F3N3O2S. The minimum Gasteiger partial charge on any atom is -0.348 e. The molecule has 0 saturated carbocycles. The second kappa shape index (κ2) is 9.82. The first-order valence-electron chi connectivity index (χ1n) is 10.2. The zero-order valence-electron chi connectivity index (χ0n) is 18.7. The second-order valence-electron chi connectivity index (χ2n) is 7.79. The van der Waals surface area contributed by atoms with E-state index < -0.39 is 23.2 Å². The van der Waals surface area contributed by atoms with Gasteiger partial charge >= 0.3 is 6.18 Å². The van der Waals surface area contributed by atoms with Crippen molar-refractivity contribution in [2.45, 2.75) is 44.4 Å². The normalized spacial score (nSPS) is 11.6. The first-order chi connectivity index (χ1) is 15.5. The predicted molar refractivity (Wildman–Crippen MR) is 123 cm³/mol. The number of alkyl halides is 3. The molecule has 0 aliphatic carbocycles. The molecule has 0 spiro atoms. The van der Waals surface area contributed by atoms with E-state index >= 15 is 0 Å². The Morgan fingerprint density at radius 2 is 1.85 bits per heavy atom. The van der Waals surface area contributed by atoms with Gasteiger partial charge in [-0.05, 0) is 62.4 Å². The molecule has 1 N–H and O–H groups in total. The maximum absolute atomic E-state index is 13.3. The lowest BCUT2D eigenvalue weighted by Crippen LogP contribution is -2.31. The number of amides is 1. The second-order valence-corrected chi connectivity index (χ2v) is 8.67. The van der Waals surface area contributed by atoms with Gasteiger partial charge in [-0.25, -0.2) is 0 Å². The van der Waals surface area contributed by atoms with Crippen LogP contribution in [-0.2, 0) is 12.7 Å². The lowest BCUT2D eigenvalue weighted by Gasteiger charge is -2.20. The van der Waals surface area contributed by atoms with E-state index in [9.17, 15) is 22.8 Å². The number of carbonyl (C=O) groups is 1. The first-order valence-corrected chi connectivity index (χ1v) is 11.5. The monoisotopic (exact) mass is 475 g/mol. The van der Waals surface area contributed by atoms with Crippen molar-refractivity contribution in [1.29, 1.82) is 0 Å². The molecule has 3 aromatic rings. The number of rotatable bonds is 6. The molecule has 0 aliphatic rings. The van der Waals surface area contributed by atoms with Gasteiger partial charge in [0.1, 0.15) is 11.3 Å². The van der Waals surface area contributed by atoms with Gasteiger partial charge < -0.3 is 9.88 Å². The van der Waals surface area contributed by atoms with Gasteiger partial charge in [0.05, 0.1) is 0 Å². The van der Waals surface area contributed by atoms with Crippen molar-refractivity contribution in [3.05, 3.63) is 81.5 Å². The fourth-order valence-corrected chi connectivity index (χ4v) is 3.93. The topological polar surface area (TPSA) is 64.0 Å². The Morgan fingerprint density at radius 3 is 2.42 bits per heavy atom. The predicted octanol–water partition coefficient (Wildman–Crippen LogP) is 5.47. The molecule has 1 aromatic carbocycles. The van der Waals surface area contributed by atoms with E-state index in [2.05, 4.69) is 10.3 Å². The first kappa shape index (κ1) is 24.6. The largest absolute Gasteiger partial charge is 0.433 e. The SMILES string of the molecule is CSc1ccc(CNC(=O)c2cn(C(C)C)c(C)c(-c3ccnc(C(F)(F)F)c3)c2=O)cc1. The van der Waals surface area contributed by atoms with Gasteiger partial charge in [-0.15, -0.1) is 11.8 Å². The molecule has 0 fully saturated rings. The van der Waals surface area contributed by atoms with Crippen LogP contribution in [0.25, 0.3) is 11.1 Å². The van der Waals surface area contributed by atoms with Crippen molar-refractivity contribution in [1.82, 2.24) is 14.9 Å². The van der Waals surface area contributed by atoms with Crippen molar-refractivity contribution in [2.24, 2.45) is 0 Å². The van der Waals surface area contributed by atoms with Crippen LogP contribution in [-0.4, -0.2) is 21.7 Å². The summed E-state index contributed by atoms with van der Waals surface area (Å²) in [5, 5.41) is 2.74. The van der Waals surface area contributed by atoms with Gasteiger partial charge in [0.2, 0.25) is 5.43 Å². The lowest BCUT2D eigenvalue weighted by atomic mass is 10.0. The zero-order valence-corrected chi connectivity index (χ0v) is 19.5. The molecule has 3 rings (SSSR count). The van der Waals surface area contributed by atoms with Crippen molar-refractivity contribution in [3.63, 3.8) is 0 Å². The quantitative estimate of drug-likeness (QED) is 0.480. The highest BCUT2D eigenvalue weighted by Crippen LogP contribution is 2.31. The molecule has 2 aromatic heterocycles. The highest BCUT2D eigenvalue weighted by Gasteiger charge is 2.33. The van der Waals surface area contributed by atoms with Crippen LogP contribution in [0.1, 0.15) is 47.2 Å². The van der Waals surface area contributed by atoms with Crippen LogP contribution in [0, 0.1) is 6.92 Å². The van der Waals surface area contributed by atoms with E-state index in [4.69, 9.17) is 0 Å². The number of benzene rings is 1. The van der Waals surface area contributed by atoms with Gasteiger partial charge in [-0.1, -0.05) is 12.1 Å². The van der Waals surface area contributed by atoms with Gasteiger partial charge in [0, 0.05) is 41.1 Å². The molecule has 0 atom stereocenters. The number of hydrogen-bond donors (Lipinski definition) is 1. The molecule has 174 valence electrons. The summed E-state index contributed by atoms with van der Waals surface area (Å²) in [5.74, 6) is -0.588. The van der Waals surface area contributed by atoms with Crippen molar-refractivity contribution >= 4 is 17.7 Å². The van der Waals surface area contributed by atoms with E-state index in [1.807, 2.05) is 44.4 Å². The van der Waals surface area contributed by atoms with Crippen molar-refractivity contribution in [2.75, 3.05) is 6.26 Å². The van der Waals surface area contributed by atoms with E-state index in [-0.39, 0.29) is 29.3 Å². The number of hydrogen-bond acceptors (Lipinski definition) is 4. The average Bonchev–Trinajstić information content (AvgIpc) is 2.77. The lowest BCUT2D eigenvalue weighted by molar-refractivity contribution is -0.141. The summed E-state index contributed by atoms with van der Waals surface area (Å²) in [7, 11) is 0. The molecule has 0 bridgehead atoms. The molecule has 2 heterocycles. The number of nitrogens with one attached hydrogen (secondary N) is 1. The molecule has 33 heavy (non-hydrogen) atoms. The molecule has 0 unspecified atom stereocenters. The van der Waals surface area contributed by atoms with Gasteiger partial charge in [0.25, 0.3) is 5.91 Å². The van der Waals surface area contributed by atoms with Crippen LogP contribution in [0.5, 0.6) is 0 Å². The number of pyridine rings is 2. The van der Waals surface area contributed by atoms with Crippen LogP contribution in [0.4, 0.5) is 13.2 Å². The summed E-state index contributed by atoms with van der Waals surface area (Å²) in [4.78, 5) is 30.7. The molecule has 1 amide bonds. The van der Waals surface area contributed by atoms with Gasteiger partial charge in [0.15, 0.2) is 0 Å². The summed E-state index contributed by atoms with van der Waals surface area (Å²) in [6, 6.07) is 9.69. The highest BCUT2D eigenvalue weighted by atomic mass is 32.2. The van der Waals surface area contributed by atoms with Gasteiger partial charge in [-0.3, -0.25) is 14.6 Å². The standard InChI is InChI=1S/C24H24F3N3O2S/c1-14(2)30-13-19(23(32)29-12-16-5-7-18(33-4)8-6-16)22(31)21(15(30)3)17-9-10-28-20(11-17)24(25,26)27/h5-11,13-14H,12H2,1-4H3,(H,29,32). The van der Waals surface area contributed by atoms with Crippen LogP contribution in [0.2, 0.25) is 0 Å². The van der Waals surface area contributed by atoms with Crippen LogP contribution >= 0.6 is 11.8 Å². The summed E-state index contributed by atoms with van der Waals surface area (Å²) in [6.45, 7) is 5.60. The Balaban J connectivity index is 2.03. The summed E-state index contributed by atoms with van der Waals surface area (Å²) in [6.07, 6.45) is -0.209. The summed E-state index contributed by atoms with van der Waals surface area (Å²) in [5.41, 5.74) is -0.405. The average molecular weight is 476 g/mol. The van der Waals surface area contributed by atoms with Crippen LogP contribution < -0.4 is 10.7 Å². The Morgan fingerprint density at radius 1 is 1.18 bits per heavy atom. The Bertz CT molecular complexity index is 1220. The third-order valence-electron chi connectivity index (χ3n) is 5.24. The Labute approximate surface area is 194 Å². The van der Waals surface area contributed by atoms with E-state index in [0.29, 0.717) is 5.69 Å². The summed E-state index contributed by atoms with van der Waals surface area (Å²) >= 11 is 1.60. The van der Waals surface area contributed by atoms with E-state index in [1.165, 1.54) is 12.3 Å². The Hall–Kier alpha value is -3.07. The minimum atomic E-state index is -4.65. The smallest absolute Gasteiger partial charge is 0.348 e. The van der Waals surface area contributed by atoms with E-state index in [0.717, 1.165) is 22.7 Å². The molecule has 0 radical (unpaired) electrons. The molecule has 5 nitrogen and oxygen atoms in total. The zero-order chi connectivity index (χ0) is 24.3. The molecule has 9 heteroatoms. The number of nitrogens with zero attached hydrogens (tertiary/aromatic N) is 2. The fraction of sp³-hybridized carbons (Fsp3) is 0.292. The highest BCUT2D eigenvalue weighted by molar-refractivity contribution is 7.98. The summed E-state index contributed by atoms with van der Waals surface area (Å²) < 4.78 is 41.3. The van der Waals surface area contributed by atoms with Crippen molar-refractivity contribution < 1.29 is 18.0 Å².